The Kier molecular flexibility index (Phi) is 2.66. The van der Waals surface area contributed by atoms with Crippen molar-refractivity contribution >= 4 is 11.6 Å². The molecule has 0 aromatic heterocycles. The van der Waals surface area contributed by atoms with Gasteiger partial charge in [0.25, 0.3) is 0 Å². The number of nitrogens with one attached hydrogen (secondary N) is 1. The monoisotopic (exact) mass is 211 g/mol. The van der Waals surface area contributed by atoms with Gasteiger partial charge in [-0.2, -0.15) is 0 Å². The van der Waals surface area contributed by atoms with Crippen molar-refractivity contribution in [1.82, 2.24) is 5.32 Å². The smallest absolute Gasteiger partial charge is 0.116 e. The van der Waals surface area contributed by atoms with Crippen LogP contribution in [0.1, 0.15) is 23.5 Å². The average Bonchev–Trinajstić information content (AvgIpc) is 2.63. The Balaban J connectivity index is 2.40. The zero-order valence-corrected chi connectivity index (χ0v) is 8.93. The van der Waals surface area contributed by atoms with Crippen molar-refractivity contribution in [3.8, 4) is 5.75 Å². The highest BCUT2D eigenvalue weighted by Gasteiger charge is 2.20. The predicted octanol–water partition coefficient (Wildman–Crippen LogP) is 2.43. The molecule has 0 saturated carbocycles. The molecule has 3 heteroatoms. The van der Waals surface area contributed by atoms with Crippen LogP contribution in [0, 0.1) is 6.92 Å². The fraction of sp³-hybridized carbons (Fsp3) is 0.455. The Labute approximate surface area is 88.9 Å². The van der Waals surface area contributed by atoms with Gasteiger partial charge >= 0.3 is 0 Å². The molecule has 1 unspecified atom stereocenters. The van der Waals surface area contributed by atoms with Crippen LogP contribution in [0.2, 0.25) is 5.02 Å². The molecule has 0 bridgehead atoms. The van der Waals surface area contributed by atoms with Crippen molar-refractivity contribution < 1.29 is 5.11 Å². The van der Waals surface area contributed by atoms with Crippen LogP contribution in [0.15, 0.2) is 12.1 Å². The van der Waals surface area contributed by atoms with E-state index in [1.54, 1.807) is 12.1 Å². The van der Waals surface area contributed by atoms with Crippen LogP contribution in [0.25, 0.3) is 0 Å². The van der Waals surface area contributed by atoms with Gasteiger partial charge in [-0.1, -0.05) is 11.6 Å². The SMILES string of the molecule is Cc1cc(O)cc(C2CCNC2)c1Cl. The number of rotatable bonds is 1. The third-order valence-electron chi connectivity index (χ3n) is 2.77. The number of phenolic OH excluding ortho intramolecular Hbond substituents is 1. The van der Waals surface area contributed by atoms with E-state index >= 15 is 0 Å². The van der Waals surface area contributed by atoms with Gasteiger partial charge in [-0.15, -0.1) is 0 Å². The molecule has 0 radical (unpaired) electrons. The molecular formula is C11H14ClNO. The van der Waals surface area contributed by atoms with E-state index in [0.717, 1.165) is 35.7 Å². The van der Waals surface area contributed by atoms with E-state index < -0.39 is 0 Å². The van der Waals surface area contributed by atoms with Crippen LogP contribution < -0.4 is 5.32 Å². The molecule has 1 saturated heterocycles. The zero-order valence-electron chi connectivity index (χ0n) is 8.18. The number of halogens is 1. The second-order valence-electron chi connectivity index (χ2n) is 3.86. The van der Waals surface area contributed by atoms with Gasteiger partial charge in [0.2, 0.25) is 0 Å². The molecule has 1 atom stereocenters. The Morgan fingerprint density at radius 2 is 2.29 bits per heavy atom. The van der Waals surface area contributed by atoms with Gasteiger partial charge in [0.1, 0.15) is 5.75 Å². The van der Waals surface area contributed by atoms with Crippen molar-refractivity contribution in [2.45, 2.75) is 19.3 Å². The minimum absolute atomic E-state index is 0.314. The first-order valence-electron chi connectivity index (χ1n) is 4.88. The summed E-state index contributed by atoms with van der Waals surface area (Å²) in [5.74, 6) is 0.766. The van der Waals surface area contributed by atoms with Crippen molar-refractivity contribution in [1.29, 1.82) is 0 Å². The third kappa shape index (κ3) is 1.72. The highest BCUT2D eigenvalue weighted by atomic mass is 35.5. The maximum Gasteiger partial charge on any atom is 0.116 e. The van der Waals surface area contributed by atoms with Gasteiger partial charge in [-0.3, -0.25) is 0 Å². The molecule has 2 N–H and O–H groups in total. The lowest BCUT2D eigenvalue weighted by atomic mass is 9.96. The summed E-state index contributed by atoms with van der Waals surface area (Å²) in [7, 11) is 0. The quantitative estimate of drug-likeness (QED) is 0.748. The summed E-state index contributed by atoms with van der Waals surface area (Å²) in [6.45, 7) is 3.92. The number of hydrogen-bond donors (Lipinski definition) is 2. The minimum Gasteiger partial charge on any atom is -0.508 e. The minimum atomic E-state index is 0.314. The van der Waals surface area contributed by atoms with Crippen LogP contribution in [0.3, 0.4) is 0 Å². The number of phenols is 1. The van der Waals surface area contributed by atoms with E-state index in [9.17, 15) is 5.11 Å². The first-order chi connectivity index (χ1) is 6.68. The van der Waals surface area contributed by atoms with Crippen molar-refractivity contribution in [2.75, 3.05) is 13.1 Å². The number of aryl methyl sites for hydroxylation is 1. The molecule has 1 aromatic rings. The summed E-state index contributed by atoms with van der Waals surface area (Å²) in [5.41, 5.74) is 2.03. The third-order valence-corrected chi connectivity index (χ3v) is 3.28. The molecule has 14 heavy (non-hydrogen) atoms. The largest absolute Gasteiger partial charge is 0.508 e. The van der Waals surface area contributed by atoms with Crippen molar-refractivity contribution in [3.05, 3.63) is 28.3 Å². The first kappa shape index (κ1) is 9.81. The highest BCUT2D eigenvalue weighted by Crippen LogP contribution is 2.34. The molecule has 1 aliphatic rings. The fourth-order valence-electron chi connectivity index (χ4n) is 1.99. The summed E-state index contributed by atoms with van der Waals surface area (Å²) >= 11 is 6.21. The van der Waals surface area contributed by atoms with Gasteiger partial charge in [0.05, 0.1) is 0 Å². The molecule has 0 aliphatic carbocycles. The van der Waals surface area contributed by atoms with Gasteiger partial charge < -0.3 is 10.4 Å². The van der Waals surface area contributed by atoms with E-state index in [2.05, 4.69) is 5.32 Å². The first-order valence-corrected chi connectivity index (χ1v) is 5.26. The summed E-state index contributed by atoms with van der Waals surface area (Å²) in [4.78, 5) is 0. The van der Waals surface area contributed by atoms with Crippen LogP contribution in [0.5, 0.6) is 5.75 Å². The lowest BCUT2D eigenvalue weighted by molar-refractivity contribution is 0.473. The van der Waals surface area contributed by atoms with Crippen LogP contribution in [0.4, 0.5) is 0 Å². The van der Waals surface area contributed by atoms with E-state index in [4.69, 9.17) is 11.6 Å². The summed E-state index contributed by atoms with van der Waals surface area (Å²) < 4.78 is 0. The van der Waals surface area contributed by atoms with E-state index in [-0.39, 0.29) is 0 Å². The number of benzene rings is 1. The molecule has 1 heterocycles. The van der Waals surface area contributed by atoms with Gasteiger partial charge in [0, 0.05) is 11.6 Å². The van der Waals surface area contributed by atoms with Crippen molar-refractivity contribution in [2.24, 2.45) is 0 Å². The molecule has 0 spiro atoms. The lowest BCUT2D eigenvalue weighted by Gasteiger charge is -2.13. The van der Waals surface area contributed by atoms with E-state index in [1.807, 2.05) is 6.92 Å². The van der Waals surface area contributed by atoms with Crippen LogP contribution in [-0.4, -0.2) is 18.2 Å². The Hall–Kier alpha value is -0.730. The van der Waals surface area contributed by atoms with Gasteiger partial charge in [-0.25, -0.2) is 0 Å². The zero-order chi connectivity index (χ0) is 10.1. The molecule has 1 aliphatic heterocycles. The normalized spacial score (nSPS) is 21.4. The summed E-state index contributed by atoms with van der Waals surface area (Å²) in [6.07, 6.45) is 1.10. The number of hydrogen-bond acceptors (Lipinski definition) is 2. The molecule has 1 aromatic carbocycles. The summed E-state index contributed by atoms with van der Waals surface area (Å²) in [6, 6.07) is 3.49. The number of aromatic hydroxyl groups is 1. The standard InChI is InChI=1S/C11H14ClNO/c1-7-4-9(14)5-10(11(7)12)8-2-3-13-6-8/h4-5,8,13-14H,2-3,6H2,1H3. The van der Waals surface area contributed by atoms with Crippen LogP contribution >= 0.6 is 11.6 Å². The van der Waals surface area contributed by atoms with Crippen molar-refractivity contribution in [3.63, 3.8) is 0 Å². The molecule has 76 valence electrons. The summed E-state index contributed by atoms with van der Waals surface area (Å²) in [5, 5.41) is 13.6. The topological polar surface area (TPSA) is 32.3 Å². The van der Waals surface area contributed by atoms with Crippen LogP contribution in [-0.2, 0) is 0 Å². The average molecular weight is 212 g/mol. The maximum atomic E-state index is 9.50. The molecule has 2 nitrogen and oxygen atoms in total. The van der Waals surface area contributed by atoms with E-state index in [1.165, 1.54) is 0 Å². The maximum absolute atomic E-state index is 9.50. The Bertz CT molecular complexity index is 345. The second-order valence-corrected chi connectivity index (χ2v) is 4.23. The van der Waals surface area contributed by atoms with Gasteiger partial charge in [0.15, 0.2) is 0 Å². The van der Waals surface area contributed by atoms with E-state index in [0.29, 0.717) is 11.7 Å². The molecular weight excluding hydrogens is 198 g/mol. The second kappa shape index (κ2) is 3.79. The Morgan fingerprint density at radius 1 is 1.50 bits per heavy atom. The van der Waals surface area contributed by atoms with Gasteiger partial charge in [-0.05, 0) is 49.1 Å². The Morgan fingerprint density at radius 3 is 2.93 bits per heavy atom. The predicted molar refractivity (Wildman–Crippen MR) is 58.1 cm³/mol. The molecule has 1 fully saturated rings. The molecule has 2 rings (SSSR count). The fourth-order valence-corrected chi connectivity index (χ4v) is 2.26. The lowest BCUT2D eigenvalue weighted by Crippen LogP contribution is -2.08. The molecule has 0 amide bonds. The highest BCUT2D eigenvalue weighted by molar-refractivity contribution is 6.32.